The third kappa shape index (κ3) is 2.95. The van der Waals surface area contributed by atoms with Gasteiger partial charge in [-0.15, -0.1) is 0 Å². The van der Waals surface area contributed by atoms with E-state index in [0.29, 0.717) is 18.3 Å². The number of benzene rings is 2. The Hall–Kier alpha value is -3.80. The molecule has 5 aromatic rings. The molecule has 6 heteroatoms. The van der Waals surface area contributed by atoms with Crippen LogP contribution in [0.4, 0.5) is 5.82 Å². The molecule has 0 saturated heterocycles. The average molecular weight is 367 g/mol. The van der Waals surface area contributed by atoms with Gasteiger partial charge in [0.1, 0.15) is 11.3 Å². The van der Waals surface area contributed by atoms with E-state index in [1.807, 2.05) is 72.6 Å². The van der Waals surface area contributed by atoms with E-state index in [-0.39, 0.29) is 0 Å². The molecule has 0 radical (unpaired) electrons. The Labute approximate surface area is 161 Å². The van der Waals surface area contributed by atoms with Crippen molar-refractivity contribution in [1.82, 2.24) is 19.9 Å². The Morgan fingerprint density at radius 3 is 2.50 bits per heavy atom. The van der Waals surface area contributed by atoms with E-state index in [0.717, 1.165) is 33.4 Å². The zero-order valence-electron chi connectivity index (χ0n) is 15.3. The summed E-state index contributed by atoms with van der Waals surface area (Å²) in [5.74, 6) is 2.12. The normalized spacial score (nSPS) is 11.2. The monoisotopic (exact) mass is 367 g/mol. The molecule has 0 spiro atoms. The lowest BCUT2D eigenvalue weighted by Crippen LogP contribution is -2.19. The highest BCUT2D eigenvalue weighted by Crippen LogP contribution is 2.28. The first-order chi connectivity index (χ1) is 13.8. The second-order valence-corrected chi connectivity index (χ2v) is 6.56. The predicted molar refractivity (Wildman–Crippen MR) is 109 cm³/mol. The van der Waals surface area contributed by atoms with Crippen LogP contribution in [0.15, 0.2) is 77.5 Å². The van der Waals surface area contributed by atoms with Crippen LogP contribution in [0.25, 0.3) is 33.4 Å². The SMILES string of the molecule is CN(Cc1nc2ccccc2o1)c1nc(-c2cccnc2)nc2ccccc12. The minimum Gasteiger partial charge on any atom is -0.439 e. The molecule has 3 heterocycles. The van der Waals surface area contributed by atoms with Gasteiger partial charge in [-0.25, -0.2) is 15.0 Å². The molecule has 6 nitrogen and oxygen atoms in total. The van der Waals surface area contributed by atoms with E-state index >= 15 is 0 Å². The summed E-state index contributed by atoms with van der Waals surface area (Å²) in [6.07, 6.45) is 3.51. The van der Waals surface area contributed by atoms with Crippen LogP contribution in [-0.2, 0) is 6.54 Å². The van der Waals surface area contributed by atoms with Crippen molar-refractivity contribution in [3.05, 3.63) is 78.9 Å². The van der Waals surface area contributed by atoms with Crippen molar-refractivity contribution in [3.8, 4) is 11.4 Å². The van der Waals surface area contributed by atoms with Gasteiger partial charge in [-0.2, -0.15) is 0 Å². The van der Waals surface area contributed by atoms with Crippen molar-refractivity contribution in [2.24, 2.45) is 0 Å². The Morgan fingerprint density at radius 2 is 1.68 bits per heavy atom. The fourth-order valence-electron chi connectivity index (χ4n) is 3.24. The summed E-state index contributed by atoms with van der Waals surface area (Å²) in [5, 5.41) is 0.980. The molecule has 0 aliphatic heterocycles. The lowest BCUT2D eigenvalue weighted by atomic mass is 10.2. The van der Waals surface area contributed by atoms with Crippen LogP contribution >= 0.6 is 0 Å². The van der Waals surface area contributed by atoms with Crippen LogP contribution in [0, 0.1) is 0 Å². The van der Waals surface area contributed by atoms with E-state index in [9.17, 15) is 0 Å². The van der Waals surface area contributed by atoms with Gasteiger partial charge in [-0.1, -0.05) is 24.3 Å². The largest absolute Gasteiger partial charge is 0.439 e. The number of para-hydroxylation sites is 3. The van der Waals surface area contributed by atoms with Gasteiger partial charge >= 0.3 is 0 Å². The fraction of sp³-hybridized carbons (Fsp3) is 0.0909. The van der Waals surface area contributed by atoms with Gasteiger partial charge in [0, 0.05) is 30.4 Å². The van der Waals surface area contributed by atoms with Gasteiger partial charge in [0.05, 0.1) is 12.1 Å². The highest BCUT2D eigenvalue weighted by Gasteiger charge is 2.15. The molecule has 3 aromatic heterocycles. The smallest absolute Gasteiger partial charge is 0.215 e. The number of anilines is 1. The molecule has 0 bridgehead atoms. The van der Waals surface area contributed by atoms with Crippen molar-refractivity contribution < 1.29 is 4.42 Å². The highest BCUT2D eigenvalue weighted by molar-refractivity contribution is 5.91. The second-order valence-electron chi connectivity index (χ2n) is 6.56. The Morgan fingerprint density at radius 1 is 0.857 bits per heavy atom. The van der Waals surface area contributed by atoms with Gasteiger partial charge in [0.2, 0.25) is 5.89 Å². The zero-order valence-corrected chi connectivity index (χ0v) is 15.3. The van der Waals surface area contributed by atoms with E-state index < -0.39 is 0 Å². The van der Waals surface area contributed by atoms with Gasteiger partial charge in [-0.05, 0) is 36.4 Å². The Kier molecular flexibility index (Phi) is 3.94. The number of rotatable bonds is 4. The molecule has 5 rings (SSSR count). The first kappa shape index (κ1) is 16.4. The number of aromatic nitrogens is 4. The standard InChI is InChI=1S/C22H17N5O/c1-27(14-20-24-18-10-4-5-11-19(18)28-20)22-16-8-2-3-9-17(16)25-21(26-22)15-7-6-12-23-13-15/h2-13H,14H2,1H3. The summed E-state index contributed by atoms with van der Waals surface area (Å²) in [5.41, 5.74) is 3.41. The number of nitrogens with zero attached hydrogens (tertiary/aromatic N) is 5. The number of fused-ring (bicyclic) bond motifs is 2. The lowest BCUT2D eigenvalue weighted by Gasteiger charge is -2.19. The molecule has 0 fully saturated rings. The van der Waals surface area contributed by atoms with Gasteiger partial charge in [-0.3, -0.25) is 4.98 Å². The lowest BCUT2D eigenvalue weighted by molar-refractivity contribution is 0.526. The number of hydrogen-bond donors (Lipinski definition) is 0. The minimum absolute atomic E-state index is 0.502. The molecule has 0 aliphatic carbocycles. The summed E-state index contributed by atoms with van der Waals surface area (Å²) in [6, 6.07) is 19.6. The average Bonchev–Trinajstić information content (AvgIpc) is 3.15. The molecule has 0 unspecified atom stereocenters. The minimum atomic E-state index is 0.502. The van der Waals surface area contributed by atoms with Crippen molar-refractivity contribution in [1.29, 1.82) is 0 Å². The maximum atomic E-state index is 5.88. The maximum Gasteiger partial charge on any atom is 0.215 e. The second kappa shape index (κ2) is 6.74. The van der Waals surface area contributed by atoms with Crippen LogP contribution in [0.3, 0.4) is 0 Å². The quantitative estimate of drug-likeness (QED) is 0.467. The summed E-state index contributed by atoms with van der Waals surface area (Å²) >= 11 is 0. The molecular formula is C22H17N5O. The molecule has 2 aromatic carbocycles. The number of hydrogen-bond acceptors (Lipinski definition) is 6. The van der Waals surface area contributed by atoms with Crippen LogP contribution in [0.1, 0.15) is 5.89 Å². The number of pyridine rings is 1. The summed E-state index contributed by atoms with van der Waals surface area (Å²) in [6.45, 7) is 0.502. The summed E-state index contributed by atoms with van der Waals surface area (Å²) in [7, 11) is 1.98. The van der Waals surface area contributed by atoms with Crippen molar-refractivity contribution in [2.45, 2.75) is 6.54 Å². The van der Waals surface area contributed by atoms with E-state index in [1.165, 1.54) is 0 Å². The third-order valence-electron chi connectivity index (χ3n) is 4.58. The van der Waals surface area contributed by atoms with E-state index in [2.05, 4.69) is 9.97 Å². The molecule has 0 aliphatic rings. The summed E-state index contributed by atoms with van der Waals surface area (Å²) in [4.78, 5) is 20.3. The first-order valence-corrected chi connectivity index (χ1v) is 9.01. The predicted octanol–water partition coefficient (Wildman–Crippen LogP) is 4.47. The Balaban J connectivity index is 1.58. The van der Waals surface area contributed by atoms with Crippen LogP contribution in [0.5, 0.6) is 0 Å². The van der Waals surface area contributed by atoms with Crippen LogP contribution in [0.2, 0.25) is 0 Å². The van der Waals surface area contributed by atoms with Gasteiger partial charge < -0.3 is 9.32 Å². The summed E-state index contributed by atoms with van der Waals surface area (Å²) < 4.78 is 5.88. The molecule has 28 heavy (non-hydrogen) atoms. The number of oxazole rings is 1. The van der Waals surface area contributed by atoms with Crippen LogP contribution in [-0.4, -0.2) is 27.0 Å². The third-order valence-corrected chi connectivity index (χ3v) is 4.58. The van der Waals surface area contributed by atoms with Gasteiger partial charge in [0.25, 0.3) is 0 Å². The molecule has 0 atom stereocenters. The first-order valence-electron chi connectivity index (χ1n) is 9.01. The molecule has 0 amide bonds. The molecular weight excluding hydrogens is 350 g/mol. The topological polar surface area (TPSA) is 67.9 Å². The maximum absolute atomic E-state index is 5.88. The van der Waals surface area contributed by atoms with E-state index in [1.54, 1.807) is 12.4 Å². The molecule has 136 valence electrons. The zero-order chi connectivity index (χ0) is 18.9. The van der Waals surface area contributed by atoms with Crippen LogP contribution < -0.4 is 4.90 Å². The highest BCUT2D eigenvalue weighted by atomic mass is 16.3. The molecule has 0 N–H and O–H groups in total. The van der Waals surface area contributed by atoms with E-state index in [4.69, 9.17) is 14.4 Å². The van der Waals surface area contributed by atoms with Crippen molar-refractivity contribution in [3.63, 3.8) is 0 Å². The van der Waals surface area contributed by atoms with Gasteiger partial charge in [0.15, 0.2) is 11.4 Å². The van der Waals surface area contributed by atoms with Crippen molar-refractivity contribution in [2.75, 3.05) is 11.9 Å². The van der Waals surface area contributed by atoms with Crippen molar-refractivity contribution >= 4 is 27.8 Å². The Bertz CT molecular complexity index is 1230. The molecule has 0 saturated carbocycles. The fourth-order valence-corrected chi connectivity index (χ4v) is 3.24.